The molecule has 0 aromatic rings. The number of hydrogen-bond donors (Lipinski definition) is 5. The third-order valence-electron chi connectivity index (χ3n) is 1.78. The number of rotatable bonds is 8. The minimum Gasteiger partial charge on any atom is -0.395 e. The smallest absolute Gasteiger partial charge is 0.0897 e. The minimum atomic E-state index is -0.896. The molecule has 0 saturated heterocycles. The molecule has 0 saturated carbocycles. The van der Waals surface area contributed by atoms with Crippen LogP contribution >= 0.6 is 0 Å². The number of hydrogen-bond acceptors (Lipinski definition) is 6. The van der Waals surface area contributed by atoms with Crippen molar-refractivity contribution in [1.82, 2.24) is 4.90 Å². The fourth-order valence-corrected chi connectivity index (χ4v) is 1.11. The molecule has 0 aliphatic heterocycles. The van der Waals surface area contributed by atoms with Crippen LogP contribution in [0.1, 0.15) is 0 Å². The van der Waals surface area contributed by atoms with Crippen LogP contribution in [0.3, 0.4) is 0 Å². The van der Waals surface area contributed by atoms with Gasteiger partial charge < -0.3 is 25.5 Å². The Morgan fingerprint density at radius 2 is 1.29 bits per heavy atom. The Bertz CT molecular complexity index is 123. The lowest BCUT2D eigenvalue weighted by Crippen LogP contribution is -2.41. The zero-order valence-electron chi connectivity index (χ0n) is 8.08. The Morgan fingerprint density at radius 3 is 1.57 bits per heavy atom. The molecule has 0 bridgehead atoms. The summed E-state index contributed by atoms with van der Waals surface area (Å²) in [7, 11) is 0. The lowest BCUT2D eigenvalue weighted by Gasteiger charge is -2.25. The summed E-state index contributed by atoms with van der Waals surface area (Å²) < 4.78 is 0. The Kier molecular flexibility index (Phi) is 7.96. The minimum absolute atomic E-state index is 0.101. The van der Waals surface area contributed by atoms with Crippen molar-refractivity contribution in [3.63, 3.8) is 0 Å². The van der Waals surface area contributed by atoms with E-state index in [-0.39, 0.29) is 39.5 Å². The molecule has 0 radical (unpaired) electrons. The SMILES string of the molecule is OCCN(CC(O)CO)CC(O)CO. The first-order valence-electron chi connectivity index (χ1n) is 4.55. The molecular formula is C8H19NO5. The van der Waals surface area contributed by atoms with E-state index in [0.717, 1.165) is 0 Å². The average Bonchev–Trinajstić information content (AvgIpc) is 2.17. The van der Waals surface area contributed by atoms with Gasteiger partial charge in [-0.3, -0.25) is 4.90 Å². The van der Waals surface area contributed by atoms with Crippen molar-refractivity contribution in [3.05, 3.63) is 0 Å². The first-order valence-corrected chi connectivity index (χ1v) is 4.55. The van der Waals surface area contributed by atoms with E-state index < -0.39 is 12.2 Å². The number of nitrogens with zero attached hydrogens (tertiary/aromatic N) is 1. The maximum absolute atomic E-state index is 9.12. The third kappa shape index (κ3) is 6.25. The van der Waals surface area contributed by atoms with E-state index in [4.69, 9.17) is 25.5 Å². The lowest BCUT2D eigenvalue weighted by atomic mass is 10.3. The molecule has 0 fully saturated rings. The van der Waals surface area contributed by atoms with Gasteiger partial charge in [0.2, 0.25) is 0 Å². The van der Waals surface area contributed by atoms with Gasteiger partial charge in [0, 0.05) is 19.6 Å². The summed E-state index contributed by atoms with van der Waals surface area (Å²) in [5, 5.41) is 44.1. The molecule has 86 valence electrons. The van der Waals surface area contributed by atoms with Crippen LogP contribution in [0.25, 0.3) is 0 Å². The molecule has 0 heterocycles. The van der Waals surface area contributed by atoms with Crippen LogP contribution in [0.5, 0.6) is 0 Å². The predicted molar refractivity (Wildman–Crippen MR) is 49.7 cm³/mol. The summed E-state index contributed by atoms with van der Waals surface area (Å²) in [4.78, 5) is 1.57. The van der Waals surface area contributed by atoms with Crippen molar-refractivity contribution < 1.29 is 25.5 Å². The highest BCUT2D eigenvalue weighted by Gasteiger charge is 2.14. The normalized spacial score (nSPS) is 15.9. The Morgan fingerprint density at radius 1 is 0.857 bits per heavy atom. The van der Waals surface area contributed by atoms with Crippen LogP contribution in [0.4, 0.5) is 0 Å². The maximum Gasteiger partial charge on any atom is 0.0897 e. The van der Waals surface area contributed by atoms with Crippen LogP contribution in [0.2, 0.25) is 0 Å². The highest BCUT2D eigenvalue weighted by atomic mass is 16.3. The topological polar surface area (TPSA) is 104 Å². The van der Waals surface area contributed by atoms with Gasteiger partial charge in [-0.15, -0.1) is 0 Å². The molecule has 0 aromatic carbocycles. The van der Waals surface area contributed by atoms with Gasteiger partial charge in [0.15, 0.2) is 0 Å². The van der Waals surface area contributed by atoms with E-state index in [2.05, 4.69) is 0 Å². The standard InChI is InChI=1S/C8H19NO5/c10-2-1-9(3-7(13)5-11)4-8(14)6-12/h7-8,10-14H,1-6H2. The summed E-state index contributed by atoms with van der Waals surface area (Å²) in [6.07, 6.45) is -1.79. The summed E-state index contributed by atoms with van der Waals surface area (Å²) in [6, 6.07) is 0. The van der Waals surface area contributed by atoms with Gasteiger partial charge >= 0.3 is 0 Å². The second kappa shape index (κ2) is 8.10. The van der Waals surface area contributed by atoms with Gasteiger partial charge in [-0.2, -0.15) is 0 Å². The second-order valence-corrected chi connectivity index (χ2v) is 3.16. The van der Waals surface area contributed by atoms with Crippen molar-refractivity contribution >= 4 is 0 Å². The van der Waals surface area contributed by atoms with Crippen LogP contribution in [-0.4, -0.2) is 82.1 Å². The average molecular weight is 209 g/mol. The van der Waals surface area contributed by atoms with E-state index in [1.54, 1.807) is 4.90 Å². The largest absolute Gasteiger partial charge is 0.395 e. The van der Waals surface area contributed by atoms with Crippen LogP contribution in [0, 0.1) is 0 Å². The van der Waals surface area contributed by atoms with Crippen molar-refractivity contribution in [2.24, 2.45) is 0 Å². The number of aliphatic hydroxyl groups excluding tert-OH is 5. The first-order chi connectivity index (χ1) is 6.63. The summed E-state index contributed by atoms with van der Waals surface area (Å²) in [5.74, 6) is 0. The zero-order chi connectivity index (χ0) is 11.0. The van der Waals surface area contributed by atoms with Gasteiger partial charge in [0.1, 0.15) is 0 Å². The van der Waals surface area contributed by atoms with E-state index in [9.17, 15) is 0 Å². The highest BCUT2D eigenvalue weighted by Crippen LogP contribution is 1.95. The molecule has 5 N–H and O–H groups in total. The summed E-state index contributed by atoms with van der Waals surface area (Å²) in [5.41, 5.74) is 0. The molecular weight excluding hydrogens is 190 g/mol. The van der Waals surface area contributed by atoms with Crippen molar-refractivity contribution in [1.29, 1.82) is 0 Å². The third-order valence-corrected chi connectivity index (χ3v) is 1.78. The maximum atomic E-state index is 9.12. The van der Waals surface area contributed by atoms with Crippen LogP contribution in [0.15, 0.2) is 0 Å². The Hall–Kier alpha value is -0.240. The van der Waals surface area contributed by atoms with Crippen molar-refractivity contribution in [3.8, 4) is 0 Å². The zero-order valence-corrected chi connectivity index (χ0v) is 8.08. The fraction of sp³-hybridized carbons (Fsp3) is 1.00. The van der Waals surface area contributed by atoms with Gasteiger partial charge in [-0.25, -0.2) is 0 Å². The lowest BCUT2D eigenvalue weighted by molar-refractivity contribution is 0.0181. The van der Waals surface area contributed by atoms with Gasteiger partial charge in [-0.1, -0.05) is 0 Å². The molecule has 0 amide bonds. The quantitative estimate of drug-likeness (QED) is 0.291. The van der Waals surface area contributed by atoms with Crippen LogP contribution in [-0.2, 0) is 0 Å². The highest BCUT2D eigenvalue weighted by molar-refractivity contribution is 4.67. The molecule has 0 spiro atoms. The Labute approximate surface area is 83.0 Å². The van der Waals surface area contributed by atoms with E-state index in [1.807, 2.05) is 0 Å². The molecule has 14 heavy (non-hydrogen) atoms. The molecule has 0 aliphatic carbocycles. The van der Waals surface area contributed by atoms with Gasteiger partial charge in [-0.05, 0) is 0 Å². The van der Waals surface area contributed by atoms with E-state index >= 15 is 0 Å². The van der Waals surface area contributed by atoms with Gasteiger partial charge in [0.25, 0.3) is 0 Å². The monoisotopic (exact) mass is 209 g/mol. The second-order valence-electron chi connectivity index (χ2n) is 3.16. The summed E-state index contributed by atoms with van der Waals surface area (Å²) in [6.45, 7) is -0.221. The Balaban J connectivity index is 3.88. The fourth-order valence-electron chi connectivity index (χ4n) is 1.11. The van der Waals surface area contributed by atoms with Gasteiger partial charge in [0.05, 0.1) is 32.0 Å². The molecule has 6 heteroatoms. The van der Waals surface area contributed by atoms with E-state index in [0.29, 0.717) is 0 Å². The number of aliphatic hydroxyl groups is 5. The molecule has 0 aromatic heterocycles. The van der Waals surface area contributed by atoms with Crippen molar-refractivity contribution in [2.45, 2.75) is 12.2 Å². The molecule has 0 rings (SSSR count). The predicted octanol–water partition coefficient (Wildman–Crippen LogP) is -3.01. The molecule has 2 unspecified atom stereocenters. The summed E-state index contributed by atoms with van der Waals surface area (Å²) >= 11 is 0. The van der Waals surface area contributed by atoms with Crippen LogP contribution < -0.4 is 0 Å². The first kappa shape index (κ1) is 13.8. The van der Waals surface area contributed by atoms with Crippen molar-refractivity contribution in [2.75, 3.05) is 39.5 Å². The molecule has 6 nitrogen and oxygen atoms in total. The molecule has 0 aliphatic rings. The van der Waals surface area contributed by atoms with E-state index in [1.165, 1.54) is 0 Å². The molecule has 2 atom stereocenters.